The maximum absolute atomic E-state index is 13.4. The van der Waals surface area contributed by atoms with Crippen molar-refractivity contribution in [2.24, 2.45) is 4.99 Å². The molecule has 0 aliphatic heterocycles. The number of halogens is 2. The number of nitrogens with one attached hydrogen (secondary N) is 1. The Morgan fingerprint density at radius 2 is 2.24 bits per heavy atom. The maximum Gasteiger partial charge on any atom is 0.133 e. The molecule has 3 nitrogen and oxygen atoms in total. The van der Waals surface area contributed by atoms with Crippen molar-refractivity contribution in [3.05, 3.63) is 42.0 Å². The van der Waals surface area contributed by atoms with Gasteiger partial charge in [0.15, 0.2) is 0 Å². The van der Waals surface area contributed by atoms with Crippen LogP contribution in [0.1, 0.15) is 5.56 Å². The monoisotopic (exact) mass is 237 g/mol. The van der Waals surface area contributed by atoms with Crippen molar-refractivity contribution < 1.29 is 8.78 Å². The van der Waals surface area contributed by atoms with Gasteiger partial charge in [0.25, 0.3) is 0 Å². The van der Waals surface area contributed by atoms with E-state index in [1.165, 1.54) is 18.5 Å². The van der Waals surface area contributed by atoms with Gasteiger partial charge in [-0.25, -0.2) is 13.8 Å². The van der Waals surface area contributed by atoms with Gasteiger partial charge in [0.1, 0.15) is 18.0 Å². The summed E-state index contributed by atoms with van der Waals surface area (Å²) in [7, 11) is 1.72. The lowest BCUT2D eigenvalue weighted by Crippen LogP contribution is -2.18. The molecule has 1 aromatic rings. The minimum absolute atomic E-state index is 0.279. The highest BCUT2D eigenvalue weighted by Gasteiger charge is 2.08. The Morgan fingerprint density at radius 1 is 1.53 bits per heavy atom. The van der Waals surface area contributed by atoms with E-state index in [-0.39, 0.29) is 5.56 Å². The van der Waals surface area contributed by atoms with Crippen molar-refractivity contribution in [3.63, 3.8) is 0 Å². The summed E-state index contributed by atoms with van der Waals surface area (Å²) >= 11 is 0. The van der Waals surface area contributed by atoms with Gasteiger partial charge >= 0.3 is 0 Å². The molecule has 0 radical (unpaired) electrons. The first-order chi connectivity index (χ1) is 8.04. The zero-order valence-corrected chi connectivity index (χ0v) is 9.45. The zero-order valence-electron chi connectivity index (χ0n) is 9.45. The maximum atomic E-state index is 13.4. The van der Waals surface area contributed by atoms with Crippen LogP contribution in [0.3, 0.4) is 0 Å². The fourth-order valence-corrected chi connectivity index (χ4v) is 1.35. The molecule has 0 aliphatic carbocycles. The Kier molecular flexibility index (Phi) is 4.51. The Morgan fingerprint density at radius 3 is 2.82 bits per heavy atom. The molecule has 5 heteroatoms. The number of hydrogen-bond donors (Lipinski definition) is 1. The predicted molar refractivity (Wildman–Crippen MR) is 65.3 cm³/mol. The van der Waals surface area contributed by atoms with Crippen LogP contribution in [0.25, 0.3) is 5.57 Å². The number of nitrogens with zero attached hydrogens (tertiary/aromatic N) is 2. The minimum Gasteiger partial charge on any atom is -0.361 e. The molecular formula is C12H13F2N3. The average molecular weight is 237 g/mol. The van der Waals surface area contributed by atoms with Crippen LogP contribution in [0.2, 0.25) is 0 Å². The minimum atomic E-state index is -0.632. The van der Waals surface area contributed by atoms with Gasteiger partial charge in [-0.2, -0.15) is 0 Å². The van der Waals surface area contributed by atoms with E-state index >= 15 is 0 Å². The lowest BCUT2D eigenvalue weighted by Gasteiger charge is -2.15. The van der Waals surface area contributed by atoms with Crippen LogP contribution in [0, 0.1) is 17.0 Å². The van der Waals surface area contributed by atoms with Gasteiger partial charge in [0.2, 0.25) is 0 Å². The molecule has 1 rings (SSSR count). The Labute approximate surface area is 98.6 Å². The number of rotatable bonds is 5. The summed E-state index contributed by atoms with van der Waals surface area (Å²) in [5.74, 6) is -1.25. The molecule has 0 saturated heterocycles. The van der Waals surface area contributed by atoms with E-state index in [9.17, 15) is 8.78 Å². The standard InChI is InChI=1S/C12H13F2N3/c1-9(6-17(2)8-16-7-15)11-4-3-10(13)5-12(11)14/h3-5,7-8,15H,1,6H2,2H3. The second kappa shape index (κ2) is 5.89. The normalized spacial score (nSPS) is 10.5. The fraction of sp³-hybridized carbons (Fsp3) is 0.167. The summed E-state index contributed by atoms with van der Waals surface area (Å²) in [6.45, 7) is 4.09. The van der Waals surface area contributed by atoms with Crippen molar-refractivity contribution in [1.82, 2.24) is 4.90 Å². The molecule has 0 bridgehead atoms. The van der Waals surface area contributed by atoms with Crippen LogP contribution in [-0.2, 0) is 0 Å². The summed E-state index contributed by atoms with van der Waals surface area (Å²) in [5, 5.41) is 6.73. The first-order valence-electron chi connectivity index (χ1n) is 4.90. The van der Waals surface area contributed by atoms with Crippen molar-refractivity contribution in [1.29, 1.82) is 5.41 Å². The second-order valence-corrected chi connectivity index (χ2v) is 3.54. The van der Waals surface area contributed by atoms with Crippen LogP contribution in [0.15, 0.2) is 29.8 Å². The Hall–Kier alpha value is -2.04. The third-order valence-corrected chi connectivity index (χ3v) is 2.09. The van der Waals surface area contributed by atoms with E-state index in [4.69, 9.17) is 5.41 Å². The van der Waals surface area contributed by atoms with Crippen LogP contribution in [-0.4, -0.2) is 31.2 Å². The number of hydrogen-bond acceptors (Lipinski definition) is 1. The van der Waals surface area contributed by atoms with Gasteiger partial charge in [-0.05, 0) is 17.7 Å². The summed E-state index contributed by atoms with van der Waals surface area (Å²) in [6.07, 6.45) is 2.33. The molecule has 1 N–H and O–H groups in total. The molecule has 0 fully saturated rings. The summed E-state index contributed by atoms with van der Waals surface area (Å²) < 4.78 is 26.1. The quantitative estimate of drug-likeness (QED) is 0.620. The third kappa shape index (κ3) is 3.79. The van der Waals surface area contributed by atoms with Crippen molar-refractivity contribution in [2.45, 2.75) is 0 Å². The number of likely N-dealkylation sites (N-methyl/N-ethyl adjacent to an activating group) is 1. The lowest BCUT2D eigenvalue weighted by molar-refractivity contribution is 0.571. The molecule has 0 atom stereocenters. The molecule has 0 heterocycles. The lowest BCUT2D eigenvalue weighted by atomic mass is 10.1. The van der Waals surface area contributed by atoms with E-state index in [0.717, 1.165) is 12.4 Å². The molecular weight excluding hydrogens is 224 g/mol. The molecule has 0 saturated carbocycles. The first kappa shape index (κ1) is 13.0. The average Bonchev–Trinajstić information content (AvgIpc) is 2.26. The second-order valence-electron chi connectivity index (χ2n) is 3.54. The van der Waals surface area contributed by atoms with Gasteiger partial charge in [-0.3, -0.25) is 5.41 Å². The van der Waals surface area contributed by atoms with Crippen molar-refractivity contribution in [2.75, 3.05) is 13.6 Å². The van der Waals surface area contributed by atoms with Gasteiger partial charge in [0.05, 0.1) is 6.34 Å². The fourth-order valence-electron chi connectivity index (χ4n) is 1.35. The molecule has 17 heavy (non-hydrogen) atoms. The Bertz CT molecular complexity index is 455. The summed E-state index contributed by atoms with van der Waals surface area (Å²) in [5.41, 5.74) is 0.794. The van der Waals surface area contributed by atoms with Gasteiger partial charge in [0, 0.05) is 25.2 Å². The highest BCUT2D eigenvalue weighted by atomic mass is 19.1. The molecule has 90 valence electrons. The third-order valence-electron chi connectivity index (χ3n) is 2.09. The SMILES string of the molecule is C=C(CN(C)C=NC=N)c1ccc(F)cc1F. The summed E-state index contributed by atoms with van der Waals surface area (Å²) in [6, 6.07) is 3.37. The van der Waals surface area contributed by atoms with E-state index < -0.39 is 11.6 Å². The topological polar surface area (TPSA) is 39.5 Å². The molecule has 0 amide bonds. The molecule has 0 aromatic heterocycles. The summed E-state index contributed by atoms with van der Waals surface area (Å²) in [4.78, 5) is 5.25. The van der Waals surface area contributed by atoms with E-state index in [2.05, 4.69) is 11.6 Å². The van der Waals surface area contributed by atoms with E-state index in [0.29, 0.717) is 12.1 Å². The van der Waals surface area contributed by atoms with E-state index in [1.807, 2.05) is 0 Å². The van der Waals surface area contributed by atoms with Crippen LogP contribution >= 0.6 is 0 Å². The van der Waals surface area contributed by atoms with Crippen LogP contribution in [0.4, 0.5) is 8.78 Å². The van der Waals surface area contributed by atoms with Gasteiger partial charge in [-0.15, -0.1) is 0 Å². The van der Waals surface area contributed by atoms with Crippen LogP contribution < -0.4 is 0 Å². The largest absolute Gasteiger partial charge is 0.361 e. The Balaban J connectivity index is 2.76. The van der Waals surface area contributed by atoms with Crippen LogP contribution in [0.5, 0.6) is 0 Å². The van der Waals surface area contributed by atoms with Crippen molar-refractivity contribution in [3.8, 4) is 0 Å². The molecule has 0 unspecified atom stereocenters. The van der Waals surface area contributed by atoms with Gasteiger partial charge in [-0.1, -0.05) is 6.58 Å². The molecule has 0 aliphatic rings. The highest BCUT2D eigenvalue weighted by molar-refractivity contribution is 5.72. The number of aliphatic imine (C=N–C) groups is 1. The molecule has 0 spiro atoms. The molecule has 1 aromatic carbocycles. The first-order valence-corrected chi connectivity index (χ1v) is 4.90. The zero-order chi connectivity index (χ0) is 12.8. The van der Waals surface area contributed by atoms with Gasteiger partial charge < -0.3 is 4.90 Å². The highest BCUT2D eigenvalue weighted by Crippen LogP contribution is 2.18. The van der Waals surface area contributed by atoms with E-state index in [1.54, 1.807) is 11.9 Å². The van der Waals surface area contributed by atoms with Crippen molar-refractivity contribution >= 4 is 18.3 Å². The smallest absolute Gasteiger partial charge is 0.133 e. The number of benzene rings is 1. The predicted octanol–water partition coefficient (Wildman–Crippen LogP) is 2.55.